The molecule has 0 aromatic carbocycles. The standard InChI is InChI=1S/C16H26N2O3/c19-14(18-16(15(20)21)9-3-4-10-16)13-8-7-11-5-1-2-6-12(11)17-13/h11-13,17H,1-10H2,(H,18,19)(H,20,21). The lowest BCUT2D eigenvalue weighted by molar-refractivity contribution is -0.148. The average Bonchev–Trinajstić information content (AvgIpc) is 2.96. The van der Waals surface area contributed by atoms with E-state index in [4.69, 9.17) is 0 Å². The fourth-order valence-electron chi connectivity index (χ4n) is 4.40. The van der Waals surface area contributed by atoms with Gasteiger partial charge in [0.25, 0.3) is 0 Å². The van der Waals surface area contributed by atoms with Crippen molar-refractivity contribution >= 4 is 11.9 Å². The van der Waals surface area contributed by atoms with Gasteiger partial charge in [-0.2, -0.15) is 0 Å². The van der Waals surface area contributed by atoms with Gasteiger partial charge >= 0.3 is 5.97 Å². The Kier molecular flexibility index (Phi) is 4.20. The van der Waals surface area contributed by atoms with E-state index in [0.29, 0.717) is 24.8 Å². The van der Waals surface area contributed by atoms with Gasteiger partial charge in [0.15, 0.2) is 0 Å². The predicted molar refractivity (Wildman–Crippen MR) is 78.9 cm³/mol. The van der Waals surface area contributed by atoms with Gasteiger partial charge in [-0.05, 0) is 44.4 Å². The molecule has 0 bridgehead atoms. The molecule has 3 fully saturated rings. The number of nitrogens with one attached hydrogen (secondary N) is 2. The van der Waals surface area contributed by atoms with E-state index in [9.17, 15) is 14.7 Å². The minimum absolute atomic E-state index is 0.108. The maximum absolute atomic E-state index is 12.5. The Labute approximate surface area is 125 Å². The van der Waals surface area contributed by atoms with Crippen LogP contribution >= 0.6 is 0 Å². The van der Waals surface area contributed by atoms with Crippen LogP contribution in [0, 0.1) is 5.92 Å². The molecule has 2 aliphatic carbocycles. The van der Waals surface area contributed by atoms with Crippen molar-refractivity contribution in [3.8, 4) is 0 Å². The molecule has 3 rings (SSSR count). The zero-order valence-electron chi connectivity index (χ0n) is 12.6. The second-order valence-electron chi connectivity index (χ2n) is 7.03. The number of hydrogen-bond acceptors (Lipinski definition) is 3. The van der Waals surface area contributed by atoms with E-state index in [2.05, 4.69) is 10.6 Å². The van der Waals surface area contributed by atoms with Gasteiger partial charge in [0, 0.05) is 6.04 Å². The first-order chi connectivity index (χ1) is 10.1. The van der Waals surface area contributed by atoms with Crippen LogP contribution in [0.15, 0.2) is 0 Å². The smallest absolute Gasteiger partial charge is 0.329 e. The molecular weight excluding hydrogens is 268 g/mol. The maximum Gasteiger partial charge on any atom is 0.329 e. The van der Waals surface area contributed by atoms with Crippen molar-refractivity contribution in [1.82, 2.24) is 10.6 Å². The summed E-state index contributed by atoms with van der Waals surface area (Å²) in [4.78, 5) is 24.0. The van der Waals surface area contributed by atoms with Gasteiger partial charge in [0.05, 0.1) is 6.04 Å². The van der Waals surface area contributed by atoms with Gasteiger partial charge in [0.2, 0.25) is 5.91 Å². The third-order valence-electron chi connectivity index (χ3n) is 5.70. The maximum atomic E-state index is 12.5. The highest BCUT2D eigenvalue weighted by atomic mass is 16.4. The van der Waals surface area contributed by atoms with Gasteiger partial charge in [-0.1, -0.05) is 25.7 Å². The van der Waals surface area contributed by atoms with Gasteiger partial charge < -0.3 is 15.7 Å². The highest BCUT2D eigenvalue weighted by Crippen LogP contribution is 2.33. The van der Waals surface area contributed by atoms with Gasteiger partial charge in [0.1, 0.15) is 5.54 Å². The largest absolute Gasteiger partial charge is 0.480 e. The zero-order valence-corrected chi connectivity index (χ0v) is 12.6. The quantitative estimate of drug-likeness (QED) is 0.742. The molecule has 3 atom stereocenters. The highest BCUT2D eigenvalue weighted by molar-refractivity contribution is 5.89. The Morgan fingerprint density at radius 2 is 1.71 bits per heavy atom. The van der Waals surface area contributed by atoms with Gasteiger partial charge in [-0.3, -0.25) is 4.79 Å². The van der Waals surface area contributed by atoms with Crippen molar-refractivity contribution in [1.29, 1.82) is 0 Å². The SMILES string of the molecule is O=C(NC1(C(=O)O)CCCC1)C1CCC2CCCCC2N1. The number of rotatable bonds is 3. The fourth-order valence-corrected chi connectivity index (χ4v) is 4.40. The Hall–Kier alpha value is -1.10. The first-order valence-corrected chi connectivity index (χ1v) is 8.42. The summed E-state index contributed by atoms with van der Waals surface area (Å²) in [5.41, 5.74) is -1.01. The molecule has 5 nitrogen and oxygen atoms in total. The van der Waals surface area contributed by atoms with E-state index in [0.717, 1.165) is 32.1 Å². The molecule has 0 aromatic heterocycles. The van der Waals surface area contributed by atoms with Crippen molar-refractivity contribution in [3.05, 3.63) is 0 Å². The number of carbonyl (C=O) groups is 2. The lowest BCUT2D eigenvalue weighted by Gasteiger charge is -2.40. The average molecular weight is 294 g/mol. The van der Waals surface area contributed by atoms with Crippen LogP contribution < -0.4 is 10.6 Å². The van der Waals surface area contributed by atoms with Crippen molar-refractivity contribution in [2.45, 2.75) is 81.8 Å². The summed E-state index contributed by atoms with van der Waals surface area (Å²) in [6.45, 7) is 0. The third kappa shape index (κ3) is 2.93. The number of carbonyl (C=O) groups excluding carboxylic acids is 1. The monoisotopic (exact) mass is 294 g/mol. The van der Waals surface area contributed by atoms with E-state index in [1.807, 2.05) is 0 Å². The van der Waals surface area contributed by atoms with Crippen molar-refractivity contribution in [2.75, 3.05) is 0 Å². The second-order valence-corrected chi connectivity index (χ2v) is 7.03. The minimum atomic E-state index is -1.01. The molecule has 3 aliphatic rings. The van der Waals surface area contributed by atoms with Crippen molar-refractivity contribution in [3.63, 3.8) is 0 Å². The van der Waals surface area contributed by atoms with Crippen LogP contribution in [0.2, 0.25) is 0 Å². The van der Waals surface area contributed by atoms with E-state index < -0.39 is 11.5 Å². The van der Waals surface area contributed by atoms with Crippen LogP contribution in [0.25, 0.3) is 0 Å². The highest BCUT2D eigenvalue weighted by Gasteiger charge is 2.44. The first kappa shape index (κ1) is 14.8. The fraction of sp³-hybridized carbons (Fsp3) is 0.875. The van der Waals surface area contributed by atoms with Gasteiger partial charge in [-0.15, -0.1) is 0 Å². The molecule has 1 amide bonds. The number of fused-ring (bicyclic) bond motifs is 1. The molecule has 3 unspecified atom stereocenters. The molecule has 118 valence electrons. The van der Waals surface area contributed by atoms with Crippen LogP contribution in [0.1, 0.15) is 64.2 Å². The third-order valence-corrected chi connectivity index (χ3v) is 5.70. The normalized spacial score (nSPS) is 35.0. The van der Waals surface area contributed by atoms with Crippen molar-refractivity contribution in [2.24, 2.45) is 5.92 Å². The number of carboxylic acids is 1. The molecule has 3 N–H and O–H groups in total. The summed E-state index contributed by atoms with van der Waals surface area (Å²) < 4.78 is 0. The minimum Gasteiger partial charge on any atom is -0.480 e. The van der Waals surface area contributed by atoms with E-state index in [-0.39, 0.29) is 11.9 Å². The van der Waals surface area contributed by atoms with Gasteiger partial charge in [-0.25, -0.2) is 4.79 Å². The topological polar surface area (TPSA) is 78.4 Å². The molecule has 21 heavy (non-hydrogen) atoms. The summed E-state index contributed by atoms with van der Waals surface area (Å²) >= 11 is 0. The second kappa shape index (κ2) is 5.95. The molecule has 2 saturated carbocycles. The van der Waals surface area contributed by atoms with E-state index in [1.54, 1.807) is 0 Å². The molecule has 1 aliphatic heterocycles. The zero-order chi connectivity index (χ0) is 14.9. The van der Waals surface area contributed by atoms with Crippen LogP contribution in [-0.4, -0.2) is 34.6 Å². The van der Waals surface area contributed by atoms with E-state index in [1.165, 1.54) is 19.3 Å². The van der Waals surface area contributed by atoms with Crippen LogP contribution in [0.5, 0.6) is 0 Å². The van der Waals surface area contributed by atoms with Crippen LogP contribution in [-0.2, 0) is 9.59 Å². The molecule has 0 spiro atoms. The summed E-state index contributed by atoms with van der Waals surface area (Å²) in [5, 5.41) is 15.8. The number of hydrogen-bond donors (Lipinski definition) is 3. The molecule has 0 aromatic rings. The van der Waals surface area contributed by atoms with Crippen molar-refractivity contribution < 1.29 is 14.7 Å². The summed E-state index contributed by atoms with van der Waals surface area (Å²) in [7, 11) is 0. The lowest BCUT2D eigenvalue weighted by atomic mass is 9.77. The molecular formula is C16H26N2O3. The Bertz CT molecular complexity index is 418. The summed E-state index contributed by atoms with van der Waals surface area (Å²) in [5.74, 6) is -0.272. The molecule has 1 heterocycles. The Morgan fingerprint density at radius 1 is 1.00 bits per heavy atom. The molecule has 1 saturated heterocycles. The molecule has 0 radical (unpaired) electrons. The first-order valence-electron chi connectivity index (χ1n) is 8.42. The van der Waals surface area contributed by atoms with Crippen LogP contribution in [0.3, 0.4) is 0 Å². The molecule has 5 heteroatoms. The summed E-state index contributed by atoms with van der Waals surface area (Å²) in [6.07, 6.45) is 9.79. The Morgan fingerprint density at radius 3 is 2.43 bits per heavy atom. The van der Waals surface area contributed by atoms with E-state index >= 15 is 0 Å². The predicted octanol–water partition coefficient (Wildman–Crippen LogP) is 1.81. The summed E-state index contributed by atoms with van der Waals surface area (Å²) in [6, 6.07) is 0.244. The lowest BCUT2D eigenvalue weighted by Crippen LogP contribution is -2.60. The number of piperidine rings is 1. The Balaban J connectivity index is 1.61. The van der Waals surface area contributed by atoms with Crippen LogP contribution in [0.4, 0.5) is 0 Å². The number of amides is 1. The number of carboxylic acid groups (broad SMARTS) is 1. The number of aliphatic carboxylic acids is 1.